The molecule has 1 aromatic heterocycles. The summed E-state index contributed by atoms with van der Waals surface area (Å²) >= 11 is 0. The minimum absolute atomic E-state index is 0.0140. The first-order valence-electron chi connectivity index (χ1n) is 5.16. The average molecular weight is 279 g/mol. The molecule has 0 fully saturated rings. The van der Waals surface area contributed by atoms with Crippen molar-refractivity contribution in [2.45, 2.75) is 4.90 Å². The van der Waals surface area contributed by atoms with Crippen molar-refractivity contribution in [2.24, 2.45) is 0 Å². The molecule has 1 heterocycles. The van der Waals surface area contributed by atoms with Crippen LogP contribution < -0.4 is 0 Å². The van der Waals surface area contributed by atoms with E-state index in [-0.39, 0.29) is 4.90 Å². The summed E-state index contributed by atoms with van der Waals surface area (Å²) in [6.45, 7) is 0. The lowest BCUT2D eigenvalue weighted by atomic mass is 10.2. The quantitative estimate of drug-likeness (QED) is 0.507. The van der Waals surface area contributed by atoms with Crippen molar-refractivity contribution in [1.29, 1.82) is 0 Å². The monoisotopic (exact) mass is 278 g/mol. The SMILES string of the molecule is O=S(=O)(Cl)c1cccc2nc3ccccc3nc12. The Bertz CT molecular complexity index is 862. The van der Waals surface area contributed by atoms with Crippen LogP contribution in [0.5, 0.6) is 0 Å². The lowest BCUT2D eigenvalue weighted by Crippen LogP contribution is -1.96. The Morgan fingerprint density at radius 1 is 0.833 bits per heavy atom. The number of hydrogen-bond acceptors (Lipinski definition) is 4. The Morgan fingerprint density at radius 3 is 2.11 bits per heavy atom. The Morgan fingerprint density at radius 2 is 1.44 bits per heavy atom. The molecule has 90 valence electrons. The second kappa shape index (κ2) is 3.90. The molecule has 0 unspecified atom stereocenters. The normalized spacial score (nSPS) is 12.1. The first-order valence-corrected chi connectivity index (χ1v) is 7.47. The fourth-order valence-corrected chi connectivity index (χ4v) is 2.81. The van der Waals surface area contributed by atoms with Crippen LogP contribution in [0.25, 0.3) is 22.1 Å². The van der Waals surface area contributed by atoms with Crippen molar-refractivity contribution in [3.63, 3.8) is 0 Å². The van der Waals surface area contributed by atoms with E-state index in [9.17, 15) is 8.42 Å². The molecule has 18 heavy (non-hydrogen) atoms. The van der Waals surface area contributed by atoms with Crippen LogP contribution in [-0.2, 0) is 9.05 Å². The van der Waals surface area contributed by atoms with Crippen LogP contribution in [0.2, 0.25) is 0 Å². The van der Waals surface area contributed by atoms with Crippen molar-refractivity contribution in [1.82, 2.24) is 9.97 Å². The van der Waals surface area contributed by atoms with E-state index in [0.717, 1.165) is 0 Å². The van der Waals surface area contributed by atoms with Gasteiger partial charge in [-0.25, -0.2) is 18.4 Å². The van der Waals surface area contributed by atoms with Crippen molar-refractivity contribution in [2.75, 3.05) is 0 Å². The molecule has 0 atom stereocenters. The van der Waals surface area contributed by atoms with Gasteiger partial charge in [0.25, 0.3) is 9.05 Å². The predicted octanol–water partition coefficient (Wildman–Crippen LogP) is 2.71. The smallest absolute Gasteiger partial charge is 0.244 e. The number of benzene rings is 2. The molecule has 0 bridgehead atoms. The summed E-state index contributed by atoms with van der Waals surface area (Å²) < 4.78 is 23.0. The zero-order valence-electron chi connectivity index (χ0n) is 9.04. The summed E-state index contributed by atoms with van der Waals surface area (Å²) in [5.41, 5.74) is 2.16. The molecule has 0 aliphatic rings. The maximum atomic E-state index is 11.5. The van der Waals surface area contributed by atoms with E-state index in [0.29, 0.717) is 22.1 Å². The number of hydrogen-bond donors (Lipinski definition) is 0. The van der Waals surface area contributed by atoms with Gasteiger partial charge in [-0.2, -0.15) is 0 Å². The van der Waals surface area contributed by atoms with Crippen molar-refractivity contribution >= 4 is 41.8 Å². The second-order valence-corrected chi connectivity index (χ2v) is 6.31. The third-order valence-corrected chi connectivity index (χ3v) is 3.95. The molecular formula is C12H7ClN2O2S. The molecule has 0 aliphatic heterocycles. The van der Waals surface area contributed by atoms with Gasteiger partial charge in [0.15, 0.2) is 0 Å². The molecule has 0 saturated heterocycles. The first kappa shape index (κ1) is 11.4. The van der Waals surface area contributed by atoms with Crippen LogP contribution in [0.15, 0.2) is 47.4 Å². The summed E-state index contributed by atoms with van der Waals surface area (Å²) in [6.07, 6.45) is 0. The molecule has 6 heteroatoms. The fourth-order valence-electron chi connectivity index (χ4n) is 1.81. The van der Waals surface area contributed by atoms with Gasteiger partial charge in [0.1, 0.15) is 10.4 Å². The van der Waals surface area contributed by atoms with Crippen LogP contribution >= 0.6 is 10.7 Å². The average Bonchev–Trinajstić information content (AvgIpc) is 2.34. The van der Waals surface area contributed by atoms with Crippen molar-refractivity contribution in [3.8, 4) is 0 Å². The largest absolute Gasteiger partial charge is 0.263 e. The van der Waals surface area contributed by atoms with Crippen LogP contribution in [-0.4, -0.2) is 18.4 Å². The molecule has 4 nitrogen and oxygen atoms in total. The van der Waals surface area contributed by atoms with Gasteiger partial charge in [-0.05, 0) is 24.3 Å². The molecule has 0 spiro atoms. The van der Waals surface area contributed by atoms with Gasteiger partial charge in [0.05, 0.1) is 16.6 Å². The molecule has 2 aromatic carbocycles. The zero-order chi connectivity index (χ0) is 12.8. The minimum Gasteiger partial charge on any atom is -0.244 e. The van der Waals surface area contributed by atoms with Gasteiger partial charge in [0.2, 0.25) is 0 Å². The van der Waals surface area contributed by atoms with Crippen molar-refractivity contribution < 1.29 is 8.42 Å². The highest BCUT2D eigenvalue weighted by atomic mass is 35.7. The third kappa shape index (κ3) is 1.81. The molecular weight excluding hydrogens is 272 g/mol. The topological polar surface area (TPSA) is 59.9 Å². The van der Waals surface area contributed by atoms with E-state index in [4.69, 9.17) is 10.7 Å². The highest BCUT2D eigenvalue weighted by Gasteiger charge is 2.16. The Hall–Kier alpha value is -1.72. The number of halogens is 1. The predicted molar refractivity (Wildman–Crippen MR) is 70.1 cm³/mol. The van der Waals surface area contributed by atoms with E-state index < -0.39 is 9.05 Å². The summed E-state index contributed by atoms with van der Waals surface area (Å²) in [5, 5.41) is 0. The lowest BCUT2D eigenvalue weighted by Gasteiger charge is -2.03. The molecule has 0 aliphatic carbocycles. The van der Waals surface area contributed by atoms with Crippen molar-refractivity contribution in [3.05, 3.63) is 42.5 Å². The van der Waals surface area contributed by atoms with E-state index >= 15 is 0 Å². The van der Waals surface area contributed by atoms with E-state index in [1.165, 1.54) is 6.07 Å². The second-order valence-electron chi connectivity index (χ2n) is 3.77. The third-order valence-electron chi connectivity index (χ3n) is 2.60. The van der Waals surface area contributed by atoms with E-state index in [1.807, 2.05) is 18.2 Å². The standard InChI is InChI=1S/C12H7ClN2O2S/c13-18(16,17)11-7-3-6-10-12(11)15-9-5-2-1-4-8(9)14-10/h1-7H. The lowest BCUT2D eigenvalue weighted by molar-refractivity contribution is 0.610. The van der Waals surface area contributed by atoms with Gasteiger partial charge >= 0.3 is 0 Å². The first-order chi connectivity index (χ1) is 8.55. The summed E-state index contributed by atoms with van der Waals surface area (Å²) in [6, 6.07) is 12.0. The van der Waals surface area contributed by atoms with Gasteiger partial charge in [-0.1, -0.05) is 18.2 Å². The number of aromatic nitrogens is 2. The summed E-state index contributed by atoms with van der Waals surface area (Å²) in [5.74, 6) is 0. The van der Waals surface area contributed by atoms with Crippen LogP contribution in [0.4, 0.5) is 0 Å². The Kier molecular flexibility index (Phi) is 2.46. The molecule has 0 radical (unpaired) electrons. The molecule has 3 aromatic rings. The maximum absolute atomic E-state index is 11.5. The maximum Gasteiger partial charge on any atom is 0.263 e. The number of rotatable bonds is 1. The molecule has 0 amide bonds. The Labute approximate surface area is 108 Å². The van der Waals surface area contributed by atoms with Crippen LogP contribution in [0.1, 0.15) is 0 Å². The highest BCUT2D eigenvalue weighted by Crippen LogP contribution is 2.24. The van der Waals surface area contributed by atoms with Crippen LogP contribution in [0.3, 0.4) is 0 Å². The highest BCUT2D eigenvalue weighted by molar-refractivity contribution is 8.14. The minimum atomic E-state index is -3.83. The number of para-hydroxylation sites is 3. The van der Waals surface area contributed by atoms with Gasteiger partial charge < -0.3 is 0 Å². The molecule has 0 saturated carbocycles. The fraction of sp³-hybridized carbons (Fsp3) is 0. The zero-order valence-corrected chi connectivity index (χ0v) is 10.6. The number of nitrogens with zero attached hydrogens (tertiary/aromatic N) is 2. The van der Waals surface area contributed by atoms with E-state index in [1.54, 1.807) is 18.2 Å². The Balaban J connectivity index is 2.51. The molecule has 0 N–H and O–H groups in total. The van der Waals surface area contributed by atoms with Crippen LogP contribution in [0, 0.1) is 0 Å². The summed E-state index contributed by atoms with van der Waals surface area (Å²) in [4.78, 5) is 8.67. The van der Waals surface area contributed by atoms with E-state index in [2.05, 4.69) is 9.97 Å². The van der Waals surface area contributed by atoms with Gasteiger partial charge in [0, 0.05) is 10.7 Å². The molecule has 3 rings (SSSR count). The van der Waals surface area contributed by atoms with Gasteiger partial charge in [-0.3, -0.25) is 0 Å². The summed E-state index contributed by atoms with van der Waals surface area (Å²) in [7, 11) is 1.56. The van der Waals surface area contributed by atoms with Gasteiger partial charge in [-0.15, -0.1) is 0 Å². The number of fused-ring (bicyclic) bond motifs is 2.